The number of aromatic nitrogens is 3. The van der Waals surface area contributed by atoms with Crippen LogP contribution in [-0.2, 0) is 0 Å². The fourth-order valence-corrected chi connectivity index (χ4v) is 3.35. The Hall–Kier alpha value is -3.61. The third-order valence-electron chi connectivity index (χ3n) is 4.80. The van der Waals surface area contributed by atoms with Gasteiger partial charge in [0.25, 0.3) is 0 Å². The number of hydrogen-bond acceptors (Lipinski definition) is 4. The van der Waals surface area contributed by atoms with Gasteiger partial charge in [-0.1, -0.05) is 25.5 Å². The van der Waals surface area contributed by atoms with Crippen molar-refractivity contribution in [2.45, 2.75) is 19.8 Å². The number of nitrogen functional groups attached to an aromatic ring is 1. The van der Waals surface area contributed by atoms with E-state index in [0.717, 1.165) is 18.2 Å². The predicted molar refractivity (Wildman–Crippen MR) is 110 cm³/mol. The van der Waals surface area contributed by atoms with Gasteiger partial charge in [0.15, 0.2) is 5.78 Å². The molecule has 3 aromatic heterocycles. The number of carbonyl (C=O) groups is 2. The van der Waals surface area contributed by atoms with Crippen molar-refractivity contribution in [3.63, 3.8) is 0 Å². The highest BCUT2D eigenvalue weighted by Gasteiger charge is 2.19. The van der Waals surface area contributed by atoms with Gasteiger partial charge in [0.2, 0.25) is 0 Å². The zero-order chi connectivity index (χ0) is 19.7. The van der Waals surface area contributed by atoms with Crippen molar-refractivity contribution in [3.05, 3.63) is 60.0 Å². The lowest BCUT2D eigenvalue weighted by molar-refractivity contribution is 0.104. The summed E-state index contributed by atoms with van der Waals surface area (Å²) in [4.78, 5) is 32.9. The quantitative estimate of drug-likeness (QED) is 0.365. The predicted octanol–water partition coefficient (Wildman–Crippen LogP) is 3.69. The van der Waals surface area contributed by atoms with Crippen molar-refractivity contribution in [1.29, 1.82) is 0 Å². The summed E-state index contributed by atoms with van der Waals surface area (Å²) >= 11 is 0. The molecule has 0 aliphatic carbocycles. The van der Waals surface area contributed by atoms with Gasteiger partial charge in [-0.3, -0.25) is 9.36 Å². The summed E-state index contributed by atoms with van der Waals surface area (Å²) in [5, 5.41) is 4.30. The maximum Gasteiger partial charge on any atom is 0.326 e. The van der Waals surface area contributed by atoms with Gasteiger partial charge < -0.3 is 16.0 Å². The van der Waals surface area contributed by atoms with Crippen LogP contribution in [0.5, 0.6) is 0 Å². The zero-order valence-corrected chi connectivity index (χ0v) is 15.5. The minimum atomic E-state index is -0.197. The van der Waals surface area contributed by atoms with Gasteiger partial charge in [0, 0.05) is 40.8 Å². The smallest absolute Gasteiger partial charge is 0.326 e. The van der Waals surface area contributed by atoms with Crippen molar-refractivity contribution < 1.29 is 9.59 Å². The first-order chi connectivity index (χ1) is 13.6. The number of aromatic amines is 1. The molecule has 7 heteroatoms. The van der Waals surface area contributed by atoms with E-state index in [1.165, 1.54) is 4.57 Å². The number of fused-ring (bicyclic) bond motifs is 2. The number of H-pyrrole nitrogens is 1. The molecule has 4 N–H and O–H groups in total. The second-order valence-electron chi connectivity index (χ2n) is 6.71. The number of carbonyl (C=O) groups excluding carboxylic acids is 2. The first-order valence-corrected chi connectivity index (χ1v) is 9.25. The average molecular weight is 375 g/mol. The van der Waals surface area contributed by atoms with Gasteiger partial charge in [0.1, 0.15) is 5.65 Å². The van der Waals surface area contributed by atoms with E-state index in [9.17, 15) is 9.59 Å². The summed E-state index contributed by atoms with van der Waals surface area (Å²) < 4.78 is 1.54. The molecule has 142 valence electrons. The van der Waals surface area contributed by atoms with Gasteiger partial charge >= 0.3 is 6.03 Å². The number of nitrogens with two attached hydrogens (primary N) is 1. The van der Waals surface area contributed by atoms with E-state index < -0.39 is 0 Å². The van der Waals surface area contributed by atoms with E-state index in [1.807, 2.05) is 6.07 Å². The van der Waals surface area contributed by atoms with Crippen molar-refractivity contribution in [2.75, 3.05) is 12.3 Å². The van der Waals surface area contributed by atoms with E-state index >= 15 is 0 Å². The van der Waals surface area contributed by atoms with Crippen molar-refractivity contribution in [2.24, 2.45) is 0 Å². The average Bonchev–Trinajstić information content (AvgIpc) is 3.31. The fraction of sp³-hybridized carbons (Fsp3) is 0.190. The van der Waals surface area contributed by atoms with Crippen LogP contribution in [0, 0.1) is 0 Å². The molecule has 0 aliphatic heterocycles. The molecular weight excluding hydrogens is 354 g/mol. The van der Waals surface area contributed by atoms with Crippen LogP contribution in [0.15, 0.2) is 48.9 Å². The fourth-order valence-electron chi connectivity index (χ4n) is 3.35. The molecule has 0 radical (unpaired) electrons. The van der Waals surface area contributed by atoms with Crippen molar-refractivity contribution in [3.8, 4) is 0 Å². The van der Waals surface area contributed by atoms with Crippen LogP contribution in [0.4, 0.5) is 10.5 Å². The zero-order valence-electron chi connectivity index (χ0n) is 15.5. The molecule has 4 rings (SSSR count). The highest BCUT2D eigenvalue weighted by Crippen LogP contribution is 2.26. The van der Waals surface area contributed by atoms with Crippen LogP contribution >= 0.6 is 0 Å². The molecule has 0 bridgehead atoms. The molecule has 3 heterocycles. The van der Waals surface area contributed by atoms with Crippen molar-refractivity contribution in [1.82, 2.24) is 19.9 Å². The van der Waals surface area contributed by atoms with Crippen LogP contribution in [0.25, 0.3) is 21.9 Å². The van der Waals surface area contributed by atoms with E-state index in [2.05, 4.69) is 22.2 Å². The number of pyridine rings is 1. The maximum atomic E-state index is 13.2. The van der Waals surface area contributed by atoms with Crippen LogP contribution in [-0.4, -0.2) is 32.9 Å². The second kappa shape index (κ2) is 7.19. The molecule has 1 amide bonds. The van der Waals surface area contributed by atoms with Crippen molar-refractivity contribution >= 4 is 39.4 Å². The Bertz CT molecular complexity index is 1190. The Balaban J connectivity index is 1.74. The lowest BCUT2D eigenvalue weighted by atomic mass is 10.00. The van der Waals surface area contributed by atoms with Gasteiger partial charge in [-0.2, -0.15) is 0 Å². The number of anilines is 1. The molecular formula is C21H21N5O2. The summed E-state index contributed by atoms with van der Waals surface area (Å²) in [6, 6.07) is 8.72. The number of ketones is 1. The molecule has 0 aliphatic rings. The Morgan fingerprint density at radius 3 is 2.89 bits per heavy atom. The van der Waals surface area contributed by atoms with E-state index in [-0.39, 0.29) is 11.8 Å². The van der Waals surface area contributed by atoms with E-state index in [1.54, 1.807) is 42.9 Å². The molecule has 4 aromatic rings. The molecule has 0 atom stereocenters. The minimum Gasteiger partial charge on any atom is -0.397 e. The van der Waals surface area contributed by atoms with Crippen LogP contribution in [0.1, 0.15) is 35.7 Å². The molecule has 0 fully saturated rings. The normalized spacial score (nSPS) is 11.2. The maximum absolute atomic E-state index is 13.2. The number of amides is 1. The molecule has 0 saturated heterocycles. The first-order valence-electron chi connectivity index (χ1n) is 9.25. The highest BCUT2D eigenvalue weighted by atomic mass is 16.2. The van der Waals surface area contributed by atoms with Gasteiger partial charge in [0.05, 0.1) is 17.4 Å². The molecule has 0 spiro atoms. The Morgan fingerprint density at radius 2 is 2.07 bits per heavy atom. The van der Waals surface area contributed by atoms with Gasteiger partial charge in [-0.15, -0.1) is 0 Å². The Kier molecular flexibility index (Phi) is 4.57. The van der Waals surface area contributed by atoms with Gasteiger partial charge in [-0.05, 0) is 24.6 Å². The first kappa shape index (κ1) is 17.8. The number of nitrogens with zero attached hydrogens (tertiary/aromatic N) is 2. The van der Waals surface area contributed by atoms with Crippen LogP contribution in [0.2, 0.25) is 0 Å². The van der Waals surface area contributed by atoms with E-state index in [4.69, 9.17) is 5.73 Å². The standard InChI is InChI=1S/C21H21N5O2/c1-2-3-8-23-21(28)26-9-7-14-15(5-4-6-18(14)26)19(27)17-12-25-20-16(17)10-13(22)11-24-20/h4-7,9-12H,2-3,8,22H2,1H3,(H,23,28)(H,24,25). The van der Waals surface area contributed by atoms with Crippen LogP contribution < -0.4 is 11.1 Å². The highest BCUT2D eigenvalue weighted by molar-refractivity contribution is 6.21. The summed E-state index contributed by atoms with van der Waals surface area (Å²) in [6.45, 7) is 2.69. The summed E-state index contributed by atoms with van der Waals surface area (Å²) in [6.07, 6.45) is 6.82. The number of hydrogen-bond donors (Lipinski definition) is 3. The second-order valence-corrected chi connectivity index (χ2v) is 6.71. The summed E-state index contributed by atoms with van der Waals surface area (Å²) in [5.41, 5.74) is 8.66. The van der Waals surface area contributed by atoms with E-state index in [0.29, 0.717) is 39.9 Å². The molecule has 28 heavy (non-hydrogen) atoms. The number of unbranched alkanes of at least 4 members (excludes halogenated alkanes) is 1. The summed E-state index contributed by atoms with van der Waals surface area (Å²) in [7, 11) is 0. The van der Waals surface area contributed by atoms with Crippen LogP contribution in [0.3, 0.4) is 0 Å². The number of nitrogens with one attached hydrogen (secondary N) is 2. The Labute approximate surface area is 161 Å². The SMILES string of the molecule is CCCCNC(=O)n1ccc2c(C(=O)c3c[nH]c4ncc(N)cc34)cccc21. The third kappa shape index (κ3) is 3.00. The lowest BCUT2D eigenvalue weighted by Gasteiger charge is -2.07. The lowest BCUT2D eigenvalue weighted by Crippen LogP contribution is -2.28. The molecule has 0 saturated carbocycles. The molecule has 0 unspecified atom stereocenters. The Morgan fingerprint density at radius 1 is 1.21 bits per heavy atom. The summed E-state index contributed by atoms with van der Waals surface area (Å²) in [5.74, 6) is -0.145. The minimum absolute atomic E-state index is 0.145. The largest absolute Gasteiger partial charge is 0.397 e. The van der Waals surface area contributed by atoms with Gasteiger partial charge in [-0.25, -0.2) is 9.78 Å². The third-order valence-corrected chi connectivity index (χ3v) is 4.80. The number of rotatable bonds is 5. The molecule has 7 nitrogen and oxygen atoms in total. The topological polar surface area (TPSA) is 106 Å². The monoisotopic (exact) mass is 375 g/mol. The molecule has 1 aromatic carbocycles. The number of benzene rings is 1.